The van der Waals surface area contributed by atoms with E-state index in [2.05, 4.69) is 20.6 Å². The lowest BCUT2D eigenvalue weighted by molar-refractivity contribution is -0.384. The summed E-state index contributed by atoms with van der Waals surface area (Å²) in [4.78, 5) is 31.8. The number of hydrogen-bond donors (Lipinski definition) is 2. The molecule has 138 valence electrons. The van der Waals surface area contributed by atoms with Gasteiger partial charge < -0.3 is 10.6 Å². The summed E-state index contributed by atoms with van der Waals surface area (Å²) in [5, 5.41) is 16.7. The topological polar surface area (TPSA) is 110 Å². The molecule has 1 amide bonds. The van der Waals surface area contributed by atoms with Crippen molar-refractivity contribution in [2.45, 2.75) is 13.8 Å². The van der Waals surface area contributed by atoms with Gasteiger partial charge in [0, 0.05) is 24.7 Å². The van der Waals surface area contributed by atoms with Gasteiger partial charge in [-0.25, -0.2) is 9.97 Å². The van der Waals surface area contributed by atoms with Gasteiger partial charge in [0.2, 0.25) is 0 Å². The molecule has 0 atom stereocenters. The molecule has 8 heteroatoms. The second-order valence-electron chi connectivity index (χ2n) is 6.05. The second-order valence-corrected chi connectivity index (χ2v) is 6.05. The Kier molecular flexibility index (Phi) is 5.25. The fraction of sp³-hybridized carbons (Fsp3) is 0.211. The van der Waals surface area contributed by atoms with Crippen molar-refractivity contribution in [3.05, 3.63) is 69.5 Å². The maximum Gasteiger partial charge on any atom is 0.292 e. The number of fused-ring (bicyclic) bond motifs is 1. The first-order chi connectivity index (χ1) is 13.0. The van der Waals surface area contributed by atoms with Crippen LogP contribution in [0.5, 0.6) is 0 Å². The molecule has 0 radical (unpaired) electrons. The summed E-state index contributed by atoms with van der Waals surface area (Å²) in [6, 6.07) is 11.6. The van der Waals surface area contributed by atoms with E-state index < -0.39 is 4.92 Å². The van der Waals surface area contributed by atoms with Gasteiger partial charge >= 0.3 is 0 Å². The number of nitro benzene ring substituents is 1. The van der Waals surface area contributed by atoms with Gasteiger partial charge in [-0.15, -0.1) is 0 Å². The molecule has 0 unspecified atom stereocenters. The van der Waals surface area contributed by atoms with Crippen molar-refractivity contribution >= 4 is 28.3 Å². The van der Waals surface area contributed by atoms with Crippen LogP contribution in [0.4, 0.5) is 11.4 Å². The van der Waals surface area contributed by atoms with E-state index in [1.54, 1.807) is 36.4 Å². The first-order valence-electron chi connectivity index (χ1n) is 8.46. The minimum Gasteiger partial charge on any atom is -0.378 e. The number of aryl methyl sites for hydroxylation is 2. The number of nitro groups is 1. The van der Waals surface area contributed by atoms with Gasteiger partial charge in [-0.3, -0.25) is 14.9 Å². The Morgan fingerprint density at radius 3 is 2.48 bits per heavy atom. The molecule has 0 aliphatic carbocycles. The lowest BCUT2D eigenvalue weighted by Crippen LogP contribution is -2.28. The molecule has 0 saturated carbocycles. The van der Waals surface area contributed by atoms with E-state index in [-0.39, 0.29) is 11.6 Å². The second kappa shape index (κ2) is 7.77. The van der Waals surface area contributed by atoms with E-state index in [1.807, 2.05) is 13.8 Å². The van der Waals surface area contributed by atoms with Crippen molar-refractivity contribution in [2.75, 3.05) is 18.4 Å². The van der Waals surface area contributed by atoms with E-state index >= 15 is 0 Å². The number of hydrogen-bond acceptors (Lipinski definition) is 6. The van der Waals surface area contributed by atoms with Crippen molar-refractivity contribution < 1.29 is 9.72 Å². The summed E-state index contributed by atoms with van der Waals surface area (Å²) in [6.45, 7) is 4.46. The smallest absolute Gasteiger partial charge is 0.292 e. The lowest BCUT2D eigenvalue weighted by Gasteiger charge is -2.09. The van der Waals surface area contributed by atoms with E-state index in [0.717, 1.165) is 16.9 Å². The number of anilines is 1. The third-order valence-electron chi connectivity index (χ3n) is 4.16. The van der Waals surface area contributed by atoms with Crippen LogP contribution in [0.15, 0.2) is 42.5 Å². The molecule has 2 aromatic carbocycles. The highest BCUT2D eigenvalue weighted by Gasteiger charge is 2.12. The quantitative estimate of drug-likeness (QED) is 0.395. The molecule has 0 spiro atoms. The molecule has 0 fully saturated rings. The fourth-order valence-corrected chi connectivity index (χ4v) is 2.63. The fourth-order valence-electron chi connectivity index (χ4n) is 2.63. The normalized spacial score (nSPS) is 10.6. The van der Waals surface area contributed by atoms with Gasteiger partial charge in [0.05, 0.1) is 27.3 Å². The first-order valence-corrected chi connectivity index (χ1v) is 8.46. The number of para-hydroxylation sites is 2. The van der Waals surface area contributed by atoms with Crippen LogP contribution in [-0.2, 0) is 0 Å². The minimum atomic E-state index is -0.444. The van der Waals surface area contributed by atoms with Gasteiger partial charge in [0.25, 0.3) is 11.6 Å². The van der Waals surface area contributed by atoms with Crippen LogP contribution in [0, 0.1) is 24.0 Å². The highest BCUT2D eigenvalue weighted by Crippen LogP contribution is 2.22. The largest absolute Gasteiger partial charge is 0.378 e. The monoisotopic (exact) mass is 365 g/mol. The van der Waals surface area contributed by atoms with Crippen LogP contribution in [0.25, 0.3) is 11.0 Å². The zero-order valence-electron chi connectivity index (χ0n) is 15.0. The van der Waals surface area contributed by atoms with Gasteiger partial charge in [-0.1, -0.05) is 12.1 Å². The van der Waals surface area contributed by atoms with E-state index in [9.17, 15) is 14.9 Å². The Labute approximate surface area is 155 Å². The Hall–Kier alpha value is -3.55. The van der Waals surface area contributed by atoms with Crippen LogP contribution in [0.3, 0.4) is 0 Å². The average molecular weight is 365 g/mol. The molecule has 3 aromatic rings. The molecule has 27 heavy (non-hydrogen) atoms. The standard InChI is InChI=1S/C19H19N5O3/c1-12-13(2)23-17-11-14(7-8-15(17)22-12)19(25)21-10-9-20-16-5-3-4-6-18(16)24(26)27/h3-8,11,20H,9-10H2,1-2H3,(H,21,25). The van der Waals surface area contributed by atoms with Gasteiger partial charge in [-0.2, -0.15) is 0 Å². The molecule has 0 aliphatic rings. The van der Waals surface area contributed by atoms with Crippen molar-refractivity contribution in [2.24, 2.45) is 0 Å². The maximum atomic E-state index is 12.3. The van der Waals surface area contributed by atoms with Crippen molar-refractivity contribution in [1.29, 1.82) is 0 Å². The number of aromatic nitrogens is 2. The number of amides is 1. The molecule has 1 heterocycles. The van der Waals surface area contributed by atoms with Gasteiger partial charge in [0.1, 0.15) is 5.69 Å². The molecule has 2 N–H and O–H groups in total. The van der Waals surface area contributed by atoms with E-state index in [4.69, 9.17) is 0 Å². The Bertz CT molecular complexity index is 1020. The number of carbonyl (C=O) groups is 1. The summed E-state index contributed by atoms with van der Waals surface area (Å²) in [5.74, 6) is -0.235. The van der Waals surface area contributed by atoms with Crippen LogP contribution < -0.4 is 10.6 Å². The molecule has 0 saturated heterocycles. The van der Waals surface area contributed by atoms with Crippen molar-refractivity contribution in [3.63, 3.8) is 0 Å². The summed E-state index contributed by atoms with van der Waals surface area (Å²) in [5.41, 5.74) is 4.02. The summed E-state index contributed by atoms with van der Waals surface area (Å²) < 4.78 is 0. The Balaban J connectivity index is 1.61. The van der Waals surface area contributed by atoms with Crippen molar-refractivity contribution in [1.82, 2.24) is 15.3 Å². The molecular weight excluding hydrogens is 346 g/mol. The number of rotatable bonds is 6. The predicted octanol–water partition coefficient (Wildman–Crippen LogP) is 3.00. The molecule has 1 aromatic heterocycles. The Morgan fingerprint density at radius 1 is 1.04 bits per heavy atom. The number of nitrogens with zero attached hydrogens (tertiary/aromatic N) is 3. The summed E-state index contributed by atoms with van der Waals surface area (Å²) in [7, 11) is 0. The molecule has 8 nitrogen and oxygen atoms in total. The summed E-state index contributed by atoms with van der Waals surface area (Å²) in [6.07, 6.45) is 0. The van der Waals surface area contributed by atoms with Crippen LogP contribution in [-0.4, -0.2) is 33.9 Å². The van der Waals surface area contributed by atoms with Crippen LogP contribution in [0.2, 0.25) is 0 Å². The third-order valence-corrected chi connectivity index (χ3v) is 4.16. The van der Waals surface area contributed by atoms with Crippen LogP contribution >= 0.6 is 0 Å². The minimum absolute atomic E-state index is 0.00240. The number of benzene rings is 2. The first kappa shape index (κ1) is 18.2. The van der Waals surface area contributed by atoms with Gasteiger partial charge in [-0.05, 0) is 38.1 Å². The van der Waals surface area contributed by atoms with E-state index in [1.165, 1.54) is 6.07 Å². The molecule has 0 aliphatic heterocycles. The average Bonchev–Trinajstić information content (AvgIpc) is 2.65. The highest BCUT2D eigenvalue weighted by molar-refractivity contribution is 5.97. The maximum absolute atomic E-state index is 12.3. The molecule has 3 rings (SSSR count). The van der Waals surface area contributed by atoms with Crippen molar-refractivity contribution in [3.8, 4) is 0 Å². The third kappa shape index (κ3) is 4.17. The zero-order chi connectivity index (χ0) is 19.4. The zero-order valence-corrected chi connectivity index (χ0v) is 15.0. The molecular formula is C19H19N5O3. The highest BCUT2D eigenvalue weighted by atomic mass is 16.6. The number of carbonyl (C=O) groups excluding carboxylic acids is 1. The SMILES string of the molecule is Cc1nc2ccc(C(=O)NCCNc3ccccc3[N+](=O)[O-])cc2nc1C. The Morgan fingerprint density at radius 2 is 1.74 bits per heavy atom. The predicted molar refractivity (Wildman–Crippen MR) is 103 cm³/mol. The van der Waals surface area contributed by atoms with E-state index in [0.29, 0.717) is 29.9 Å². The molecule has 0 bridgehead atoms. The number of nitrogens with one attached hydrogen (secondary N) is 2. The lowest BCUT2D eigenvalue weighted by atomic mass is 10.1. The van der Waals surface area contributed by atoms with Gasteiger partial charge in [0.15, 0.2) is 0 Å². The van der Waals surface area contributed by atoms with Crippen LogP contribution in [0.1, 0.15) is 21.7 Å². The summed E-state index contributed by atoms with van der Waals surface area (Å²) >= 11 is 0.